The maximum Gasteiger partial charge on any atom is 0.265 e. The number of halogens is 1. The second-order valence-electron chi connectivity index (χ2n) is 5.11. The van der Waals surface area contributed by atoms with Crippen molar-refractivity contribution in [1.29, 1.82) is 0 Å². The number of thioether (sulfide) groups is 1. The molecule has 21 heavy (non-hydrogen) atoms. The van der Waals surface area contributed by atoms with E-state index in [9.17, 15) is 4.79 Å². The van der Waals surface area contributed by atoms with Crippen LogP contribution >= 0.6 is 39.0 Å². The Kier molecular flexibility index (Phi) is 5.03. The average molecular weight is 382 g/mol. The second kappa shape index (κ2) is 6.99. The van der Waals surface area contributed by atoms with Crippen molar-refractivity contribution in [2.75, 3.05) is 5.32 Å². The number of amides is 1. The van der Waals surface area contributed by atoms with Crippen LogP contribution in [0, 0.1) is 0 Å². The molecule has 1 fully saturated rings. The Bertz CT molecular complexity index is 617. The molecule has 0 saturated heterocycles. The maximum absolute atomic E-state index is 12.1. The molecule has 1 aliphatic rings. The van der Waals surface area contributed by atoms with Crippen molar-refractivity contribution in [3.63, 3.8) is 0 Å². The van der Waals surface area contributed by atoms with E-state index in [1.807, 2.05) is 36.0 Å². The third-order valence-electron chi connectivity index (χ3n) is 3.51. The van der Waals surface area contributed by atoms with Crippen LogP contribution in [0.3, 0.4) is 0 Å². The lowest BCUT2D eigenvalue weighted by molar-refractivity contribution is 0.103. The highest BCUT2D eigenvalue weighted by atomic mass is 79.9. The molecule has 1 heterocycles. The van der Waals surface area contributed by atoms with Crippen LogP contribution in [0.1, 0.15) is 35.4 Å². The summed E-state index contributed by atoms with van der Waals surface area (Å²) in [5, 5.41) is 3.71. The summed E-state index contributed by atoms with van der Waals surface area (Å²) in [7, 11) is 0. The summed E-state index contributed by atoms with van der Waals surface area (Å²) in [6.07, 6.45) is 5.39. The quantitative estimate of drug-likeness (QED) is 0.724. The molecule has 3 rings (SSSR count). The Hall–Kier alpha value is -0.780. The Labute approximate surface area is 141 Å². The largest absolute Gasteiger partial charge is 0.321 e. The van der Waals surface area contributed by atoms with Crippen LogP contribution in [-0.4, -0.2) is 11.2 Å². The molecule has 0 atom stereocenters. The number of hydrogen-bond acceptors (Lipinski definition) is 3. The zero-order valence-corrected chi connectivity index (χ0v) is 14.7. The van der Waals surface area contributed by atoms with E-state index in [2.05, 4.69) is 33.4 Å². The molecular formula is C16H16BrNOS2. The van der Waals surface area contributed by atoms with Gasteiger partial charge in [0.2, 0.25) is 0 Å². The molecule has 0 bridgehead atoms. The van der Waals surface area contributed by atoms with Crippen LogP contribution in [0.2, 0.25) is 0 Å². The van der Waals surface area contributed by atoms with Gasteiger partial charge in [-0.2, -0.15) is 0 Å². The van der Waals surface area contributed by atoms with E-state index in [1.165, 1.54) is 41.9 Å². The minimum Gasteiger partial charge on any atom is -0.321 e. The molecule has 0 radical (unpaired) electrons. The van der Waals surface area contributed by atoms with Crippen LogP contribution in [0.4, 0.5) is 5.69 Å². The fourth-order valence-electron chi connectivity index (χ4n) is 2.44. The molecule has 1 saturated carbocycles. The van der Waals surface area contributed by atoms with Crippen molar-refractivity contribution in [2.24, 2.45) is 0 Å². The van der Waals surface area contributed by atoms with Crippen molar-refractivity contribution in [1.82, 2.24) is 0 Å². The number of thiophene rings is 1. The van der Waals surface area contributed by atoms with E-state index >= 15 is 0 Å². The zero-order chi connectivity index (χ0) is 14.7. The van der Waals surface area contributed by atoms with Crippen LogP contribution in [-0.2, 0) is 0 Å². The molecule has 5 heteroatoms. The van der Waals surface area contributed by atoms with Gasteiger partial charge in [0.05, 0.1) is 8.66 Å². The predicted molar refractivity (Wildman–Crippen MR) is 94.5 cm³/mol. The van der Waals surface area contributed by atoms with Gasteiger partial charge in [0, 0.05) is 15.8 Å². The van der Waals surface area contributed by atoms with Crippen LogP contribution in [0.25, 0.3) is 0 Å². The predicted octanol–water partition coefficient (Wildman–Crippen LogP) is 5.80. The Morgan fingerprint density at radius 3 is 2.48 bits per heavy atom. The van der Waals surface area contributed by atoms with Crippen molar-refractivity contribution in [3.8, 4) is 0 Å². The molecular weight excluding hydrogens is 366 g/mol. The summed E-state index contributed by atoms with van der Waals surface area (Å²) in [5.41, 5.74) is 0.847. The average Bonchev–Trinajstić information content (AvgIpc) is 3.12. The number of anilines is 1. The second-order valence-corrected chi connectivity index (χ2v) is 8.94. The number of benzene rings is 1. The molecule has 0 spiro atoms. The number of carbonyl (C=O) groups excluding carboxylic acids is 1. The van der Waals surface area contributed by atoms with E-state index in [1.54, 1.807) is 0 Å². The van der Waals surface area contributed by atoms with Crippen LogP contribution < -0.4 is 5.32 Å². The normalized spacial score (nSPS) is 15.3. The maximum atomic E-state index is 12.1. The standard InChI is InChI=1S/C16H16BrNOS2/c17-15-10-9-14(21-15)16(19)18-11-5-7-13(8-6-11)20-12-3-1-2-4-12/h5-10,12H,1-4H2,(H,18,19). The first kappa shape index (κ1) is 15.1. The topological polar surface area (TPSA) is 29.1 Å². The van der Waals surface area contributed by atoms with Crippen LogP contribution in [0.15, 0.2) is 45.1 Å². The summed E-state index contributed by atoms with van der Waals surface area (Å²) >= 11 is 6.77. The number of hydrogen-bond donors (Lipinski definition) is 1. The van der Waals surface area contributed by atoms with Crippen LogP contribution in [0.5, 0.6) is 0 Å². The SMILES string of the molecule is O=C(Nc1ccc(SC2CCCC2)cc1)c1ccc(Br)s1. The fraction of sp³-hybridized carbons (Fsp3) is 0.312. The van der Waals surface area contributed by atoms with E-state index in [0.717, 1.165) is 14.7 Å². The Morgan fingerprint density at radius 1 is 1.14 bits per heavy atom. The monoisotopic (exact) mass is 381 g/mol. The highest BCUT2D eigenvalue weighted by Crippen LogP contribution is 2.35. The molecule has 110 valence electrons. The summed E-state index contributed by atoms with van der Waals surface area (Å²) in [6, 6.07) is 11.9. The first-order valence-corrected chi connectivity index (χ1v) is 9.53. The van der Waals surface area contributed by atoms with Gasteiger partial charge in [-0.3, -0.25) is 4.79 Å². The van der Waals surface area contributed by atoms with E-state index in [4.69, 9.17) is 0 Å². The molecule has 2 aromatic rings. The van der Waals surface area contributed by atoms with Gasteiger partial charge in [-0.1, -0.05) is 12.8 Å². The van der Waals surface area contributed by atoms with Gasteiger partial charge in [0.25, 0.3) is 5.91 Å². The summed E-state index contributed by atoms with van der Waals surface area (Å²) in [6.45, 7) is 0. The molecule has 0 unspecified atom stereocenters. The number of carbonyl (C=O) groups is 1. The molecule has 1 aliphatic carbocycles. The van der Waals surface area contributed by atoms with Gasteiger partial charge in [0.1, 0.15) is 0 Å². The van der Waals surface area contributed by atoms with Crippen molar-refractivity contribution in [3.05, 3.63) is 45.1 Å². The molecule has 0 aliphatic heterocycles. The first-order valence-electron chi connectivity index (χ1n) is 7.04. The Balaban J connectivity index is 1.60. The minimum absolute atomic E-state index is 0.0538. The Morgan fingerprint density at radius 2 is 1.86 bits per heavy atom. The van der Waals surface area contributed by atoms with Gasteiger partial charge in [-0.05, 0) is 65.2 Å². The molecule has 2 nitrogen and oxygen atoms in total. The summed E-state index contributed by atoms with van der Waals surface area (Å²) < 4.78 is 0.968. The number of nitrogens with one attached hydrogen (secondary N) is 1. The van der Waals surface area contributed by atoms with Gasteiger partial charge in [-0.15, -0.1) is 23.1 Å². The lowest BCUT2D eigenvalue weighted by atomic mass is 10.3. The fourth-order valence-corrected chi connectivity index (χ4v) is 4.97. The highest BCUT2D eigenvalue weighted by molar-refractivity contribution is 9.11. The highest BCUT2D eigenvalue weighted by Gasteiger charge is 2.16. The zero-order valence-electron chi connectivity index (χ0n) is 11.5. The summed E-state index contributed by atoms with van der Waals surface area (Å²) in [4.78, 5) is 14.1. The van der Waals surface area contributed by atoms with E-state index in [-0.39, 0.29) is 5.91 Å². The van der Waals surface area contributed by atoms with Crippen molar-refractivity contribution in [2.45, 2.75) is 35.8 Å². The third-order valence-corrected chi connectivity index (χ3v) is 6.49. The first-order chi connectivity index (χ1) is 10.2. The van der Waals surface area contributed by atoms with Gasteiger partial charge in [0.15, 0.2) is 0 Å². The molecule has 1 amide bonds. The van der Waals surface area contributed by atoms with Gasteiger partial charge >= 0.3 is 0 Å². The van der Waals surface area contributed by atoms with Gasteiger partial charge in [-0.25, -0.2) is 0 Å². The lowest BCUT2D eigenvalue weighted by Gasteiger charge is -2.09. The molecule has 1 aromatic heterocycles. The van der Waals surface area contributed by atoms with Crippen molar-refractivity contribution < 1.29 is 4.79 Å². The lowest BCUT2D eigenvalue weighted by Crippen LogP contribution is -2.09. The van der Waals surface area contributed by atoms with E-state index < -0.39 is 0 Å². The molecule has 1 N–H and O–H groups in total. The molecule has 1 aromatic carbocycles. The smallest absolute Gasteiger partial charge is 0.265 e. The van der Waals surface area contributed by atoms with Gasteiger partial charge < -0.3 is 5.32 Å². The third kappa shape index (κ3) is 4.11. The number of rotatable bonds is 4. The minimum atomic E-state index is -0.0538. The van der Waals surface area contributed by atoms with E-state index in [0.29, 0.717) is 4.88 Å². The van der Waals surface area contributed by atoms with Crippen molar-refractivity contribution >= 4 is 50.6 Å². The summed E-state index contributed by atoms with van der Waals surface area (Å²) in [5.74, 6) is -0.0538.